The first-order valence-electron chi connectivity index (χ1n) is 36.2. The standard InChI is InChI=1S/C47H58Si.C27H37ClSi.C20H22.2CH4/c1-29-26-38-36(32-18-22-34(23-19-32)45(4,5)6)16-15-17-37(38)43(29)48(13,14)44-30(2)27-39-40(44)28-41(47(10,11)12)31(3)42(39)33-20-24-35(25-21-33)46(7,8)9;1-17-15-21-22(25(17)29(9,10)28)16-23(27(6,7)8)18(2)24(21)19-11-13-20(14-12-19)26(3,4)5;1-14-12-16-6-5-7-18(19(16)13-14)15-8-10-17(11-9-15)20(2,3)4;;/h15-28,43-44H,1-14H3;11-16,25H,1-10H3;5-12H,13H2,1-4H3;2*1H4. The normalized spacial score (nSPS) is 16.7. The van der Waals surface area contributed by atoms with Gasteiger partial charge in [-0.3, -0.25) is 0 Å². The maximum Gasteiger partial charge on any atom is 0.161 e. The molecule has 8 aromatic carbocycles. The van der Waals surface area contributed by atoms with Crippen LogP contribution in [0.1, 0.15) is 273 Å². The van der Waals surface area contributed by atoms with Crippen LogP contribution < -0.4 is 0 Å². The van der Waals surface area contributed by atoms with Gasteiger partial charge in [-0.25, -0.2) is 0 Å². The van der Waals surface area contributed by atoms with Crippen LogP contribution in [0, 0.1) is 13.8 Å². The van der Waals surface area contributed by atoms with Gasteiger partial charge in [-0.2, -0.15) is 11.1 Å². The molecule has 0 spiro atoms. The molecule has 0 aromatic heterocycles. The third-order valence-electron chi connectivity index (χ3n) is 21.9. The molecular weight excluding hydrogens is 1240 g/mol. The lowest BCUT2D eigenvalue weighted by Gasteiger charge is -2.40. The average Bonchev–Trinajstić information content (AvgIpc) is 1.59. The van der Waals surface area contributed by atoms with Crippen LogP contribution in [-0.4, -0.2) is 15.5 Å². The monoisotopic (exact) mass is 1370 g/mol. The van der Waals surface area contributed by atoms with Crippen LogP contribution >= 0.6 is 11.1 Å². The van der Waals surface area contributed by atoms with Crippen molar-refractivity contribution < 1.29 is 0 Å². The molecule has 4 aliphatic carbocycles. The van der Waals surface area contributed by atoms with E-state index < -0.39 is 15.5 Å². The Balaban J connectivity index is 0.000000207. The minimum absolute atomic E-state index is 0. The van der Waals surface area contributed by atoms with Gasteiger partial charge in [0.25, 0.3) is 0 Å². The molecule has 0 amide bonds. The van der Waals surface area contributed by atoms with Gasteiger partial charge in [0, 0.05) is 16.6 Å². The zero-order valence-corrected chi connectivity index (χ0v) is 67.7. The maximum atomic E-state index is 7.04. The van der Waals surface area contributed by atoms with Crippen LogP contribution in [0.5, 0.6) is 0 Å². The average molecular weight is 1370 g/mol. The van der Waals surface area contributed by atoms with Crippen LogP contribution in [0.15, 0.2) is 168 Å². The molecular formula is C96H125ClSi2. The van der Waals surface area contributed by atoms with E-state index in [1.165, 1.54) is 150 Å². The van der Waals surface area contributed by atoms with Gasteiger partial charge in [0.1, 0.15) is 0 Å². The maximum absolute atomic E-state index is 7.04. The summed E-state index contributed by atoms with van der Waals surface area (Å²) in [5.74, 6) is 0. The van der Waals surface area contributed by atoms with Crippen molar-refractivity contribution in [2.24, 2.45) is 0 Å². The quantitative estimate of drug-likeness (QED) is 0.110. The number of benzene rings is 8. The highest BCUT2D eigenvalue weighted by molar-refractivity contribution is 7.20. The Hall–Kier alpha value is -6.56. The van der Waals surface area contributed by atoms with Gasteiger partial charge in [0.05, 0.1) is 8.07 Å². The van der Waals surface area contributed by atoms with Crippen LogP contribution in [0.25, 0.3) is 68.8 Å². The highest BCUT2D eigenvalue weighted by Crippen LogP contribution is 2.57. The lowest BCUT2D eigenvalue weighted by molar-refractivity contribution is 0.585. The fourth-order valence-electron chi connectivity index (χ4n) is 17.1. The van der Waals surface area contributed by atoms with E-state index in [4.69, 9.17) is 11.1 Å². The molecule has 524 valence electrons. The second kappa shape index (κ2) is 28.0. The van der Waals surface area contributed by atoms with Gasteiger partial charge in [-0.15, -0.1) is 0 Å². The Morgan fingerprint density at radius 3 is 1.04 bits per heavy atom. The van der Waals surface area contributed by atoms with Crippen molar-refractivity contribution in [2.75, 3.05) is 0 Å². The molecule has 3 unspecified atom stereocenters. The molecule has 99 heavy (non-hydrogen) atoms. The molecule has 0 N–H and O–H groups in total. The fraction of sp³-hybridized carbons (Fsp3) is 0.417. The summed E-state index contributed by atoms with van der Waals surface area (Å²) in [4.78, 5) is 0. The van der Waals surface area contributed by atoms with Crippen molar-refractivity contribution in [3.05, 3.63) is 257 Å². The lowest BCUT2D eigenvalue weighted by atomic mass is 9.78. The number of halogens is 1. The molecule has 3 atom stereocenters. The summed E-state index contributed by atoms with van der Waals surface area (Å²) in [5, 5.41) is 0. The van der Waals surface area contributed by atoms with E-state index in [1.54, 1.807) is 5.56 Å². The third-order valence-corrected chi connectivity index (χ3v) is 29.2. The summed E-state index contributed by atoms with van der Waals surface area (Å²) >= 11 is 7.04. The van der Waals surface area contributed by atoms with Crippen LogP contribution in [0.4, 0.5) is 0 Å². The zero-order chi connectivity index (χ0) is 71.4. The van der Waals surface area contributed by atoms with Crippen LogP contribution in [0.3, 0.4) is 0 Å². The first kappa shape index (κ1) is 78.2. The van der Waals surface area contributed by atoms with Crippen LogP contribution in [-0.2, 0) is 38.9 Å². The van der Waals surface area contributed by atoms with Crippen LogP contribution in [0.2, 0.25) is 26.2 Å². The van der Waals surface area contributed by atoms with Gasteiger partial charge in [0.2, 0.25) is 0 Å². The first-order valence-corrected chi connectivity index (χ1v) is 43.5. The SMILES string of the molecule is C.C.CC1=Cc2c(-c3ccc(C(C)(C)C)cc3)cccc2C1[Si](C)(C)C1C(C)=Cc2c1cc(C(C)(C)C)c(C)c2-c1ccc(C(C)(C)C)cc1.CC1=Cc2c(cc(C(C)(C)C)c(C)c2-c2ccc(C(C)(C)C)cc2)C1[Si](C)(C)Cl.CC1=Cc2cccc(-c3ccc(C(C)(C)C)cc3)c2C1. The number of hydrogen-bond donors (Lipinski definition) is 0. The van der Waals surface area contributed by atoms with Crippen molar-refractivity contribution in [3.8, 4) is 44.5 Å². The minimum atomic E-state index is -2.02. The van der Waals surface area contributed by atoms with Gasteiger partial charge >= 0.3 is 0 Å². The van der Waals surface area contributed by atoms with E-state index in [0.29, 0.717) is 16.6 Å². The molecule has 0 bridgehead atoms. The van der Waals surface area contributed by atoms with E-state index in [9.17, 15) is 0 Å². The molecule has 0 aliphatic heterocycles. The van der Waals surface area contributed by atoms with Gasteiger partial charge in [-0.05, 0) is 214 Å². The highest BCUT2D eigenvalue weighted by Gasteiger charge is 2.48. The fourth-order valence-corrected chi connectivity index (χ4v) is 25.0. The van der Waals surface area contributed by atoms with E-state index in [-0.39, 0.29) is 47.3 Å². The Morgan fingerprint density at radius 2 is 0.667 bits per heavy atom. The summed E-state index contributed by atoms with van der Waals surface area (Å²) in [6.07, 6.45) is 10.9. The van der Waals surface area contributed by atoms with E-state index in [1.807, 2.05) is 0 Å². The summed E-state index contributed by atoms with van der Waals surface area (Å²) < 4.78 is 0. The molecule has 0 saturated carbocycles. The Bertz CT molecular complexity index is 4420. The largest absolute Gasteiger partial charge is 0.167 e. The number of allylic oxidation sites excluding steroid dienone is 4. The summed E-state index contributed by atoms with van der Waals surface area (Å²) in [6, 6.07) is 55.9. The molecule has 0 radical (unpaired) electrons. The molecule has 0 saturated heterocycles. The Morgan fingerprint density at radius 1 is 0.343 bits per heavy atom. The van der Waals surface area contributed by atoms with Crippen molar-refractivity contribution >= 4 is 50.8 Å². The van der Waals surface area contributed by atoms with E-state index in [2.05, 4.69) is 362 Å². The zero-order valence-electron chi connectivity index (χ0n) is 65.0. The molecule has 0 nitrogen and oxygen atoms in total. The second-order valence-corrected chi connectivity index (χ2v) is 48.3. The minimum Gasteiger partial charge on any atom is -0.167 e. The predicted octanol–water partition coefficient (Wildman–Crippen LogP) is 29.3. The number of hydrogen-bond acceptors (Lipinski definition) is 0. The van der Waals surface area contributed by atoms with Crippen molar-refractivity contribution in [3.63, 3.8) is 0 Å². The van der Waals surface area contributed by atoms with Crippen molar-refractivity contribution in [2.45, 2.75) is 263 Å². The molecule has 3 heteroatoms. The summed E-state index contributed by atoms with van der Waals surface area (Å²) in [6.45, 7) is 65.4. The second-order valence-electron chi connectivity index (χ2n) is 36.9. The predicted molar refractivity (Wildman–Crippen MR) is 450 cm³/mol. The summed E-state index contributed by atoms with van der Waals surface area (Å²) in [7, 11) is -3.91. The molecule has 0 fully saturated rings. The van der Waals surface area contributed by atoms with Gasteiger partial charge in [-0.1, -0.05) is 358 Å². The van der Waals surface area contributed by atoms with Crippen molar-refractivity contribution in [1.82, 2.24) is 0 Å². The topological polar surface area (TPSA) is 0 Å². The molecule has 12 rings (SSSR count). The Labute approximate surface area is 610 Å². The summed E-state index contributed by atoms with van der Waals surface area (Å²) in [5.41, 5.74) is 41.9. The highest BCUT2D eigenvalue weighted by atomic mass is 35.6. The smallest absolute Gasteiger partial charge is 0.161 e. The number of rotatable bonds is 7. The van der Waals surface area contributed by atoms with Gasteiger partial charge < -0.3 is 0 Å². The Kier molecular flexibility index (Phi) is 22.1. The van der Waals surface area contributed by atoms with Gasteiger partial charge in [0.15, 0.2) is 7.38 Å². The van der Waals surface area contributed by atoms with Crippen molar-refractivity contribution in [1.29, 1.82) is 0 Å². The number of fused-ring (bicyclic) bond motifs is 4. The molecule has 4 aliphatic rings. The molecule has 0 heterocycles. The first-order chi connectivity index (χ1) is 44.8. The van der Waals surface area contributed by atoms with E-state index in [0.717, 1.165) is 6.42 Å². The lowest BCUT2D eigenvalue weighted by Crippen LogP contribution is -2.42. The van der Waals surface area contributed by atoms with E-state index >= 15 is 0 Å². The molecule has 8 aromatic rings. The third kappa shape index (κ3) is 15.8.